The molecule has 0 fully saturated rings. The van der Waals surface area contributed by atoms with Crippen molar-refractivity contribution in [1.29, 1.82) is 0 Å². The van der Waals surface area contributed by atoms with Gasteiger partial charge in [0, 0.05) is 47.4 Å². The molecule has 5 rings (SSSR count). The van der Waals surface area contributed by atoms with Crippen LogP contribution in [-0.4, -0.2) is 26.2 Å². The van der Waals surface area contributed by atoms with Gasteiger partial charge >= 0.3 is 0 Å². The van der Waals surface area contributed by atoms with Crippen molar-refractivity contribution < 1.29 is 13.3 Å². The monoisotopic (exact) mass is 445 g/mol. The molecule has 8 heteroatoms. The lowest BCUT2D eigenvalue weighted by Crippen LogP contribution is -2.13. The van der Waals surface area contributed by atoms with Gasteiger partial charge in [-0.2, -0.15) is 0 Å². The molecule has 0 atom stereocenters. The Morgan fingerprint density at radius 3 is 2.52 bits per heavy atom. The van der Waals surface area contributed by atoms with Crippen LogP contribution < -0.4 is 5.32 Å². The topological polar surface area (TPSA) is 68.8 Å². The van der Waals surface area contributed by atoms with Crippen LogP contribution in [0.3, 0.4) is 0 Å². The van der Waals surface area contributed by atoms with E-state index in [1.165, 1.54) is 12.4 Å². The summed E-state index contributed by atoms with van der Waals surface area (Å²) in [5, 5.41) is 7.71. The van der Waals surface area contributed by atoms with E-state index in [1.54, 1.807) is 23.8 Å². The van der Waals surface area contributed by atoms with Gasteiger partial charge in [-0.3, -0.25) is 0 Å². The van der Waals surface area contributed by atoms with Gasteiger partial charge in [-0.15, -0.1) is 0 Å². The molecule has 0 saturated carbocycles. The minimum absolute atomic E-state index is 0.294. The van der Waals surface area contributed by atoms with Crippen LogP contribution in [0.1, 0.15) is 11.3 Å². The number of halogens is 2. The second kappa shape index (κ2) is 8.46. The van der Waals surface area contributed by atoms with Crippen molar-refractivity contribution >= 4 is 16.7 Å². The Labute approximate surface area is 188 Å². The molecule has 0 saturated heterocycles. The quantitative estimate of drug-likeness (QED) is 0.360. The van der Waals surface area contributed by atoms with E-state index in [2.05, 4.69) is 20.4 Å². The van der Waals surface area contributed by atoms with Crippen LogP contribution in [0.4, 0.5) is 14.6 Å². The van der Waals surface area contributed by atoms with Crippen molar-refractivity contribution in [1.82, 2.24) is 19.7 Å². The number of aryl methyl sites for hydroxylation is 2. The highest BCUT2D eigenvalue weighted by Crippen LogP contribution is 2.28. The molecule has 0 amide bonds. The molecule has 33 heavy (non-hydrogen) atoms. The van der Waals surface area contributed by atoms with Gasteiger partial charge in [0.1, 0.15) is 12.1 Å². The zero-order valence-corrected chi connectivity index (χ0v) is 18.1. The molecule has 1 N–H and O–H groups in total. The molecule has 0 aliphatic rings. The second-order valence-electron chi connectivity index (χ2n) is 7.86. The average Bonchev–Trinajstić information content (AvgIpc) is 3.47. The first kappa shape index (κ1) is 20.8. The number of aromatic nitrogens is 4. The highest BCUT2D eigenvalue weighted by atomic mass is 19.2. The Morgan fingerprint density at radius 2 is 1.76 bits per heavy atom. The summed E-state index contributed by atoms with van der Waals surface area (Å²) in [5.41, 5.74) is 4.51. The Kier molecular flexibility index (Phi) is 5.34. The summed E-state index contributed by atoms with van der Waals surface area (Å²) in [6.07, 6.45) is 3.10. The third-order valence-corrected chi connectivity index (χ3v) is 5.70. The summed E-state index contributed by atoms with van der Waals surface area (Å²) in [6.45, 7) is 4.62. The van der Waals surface area contributed by atoms with Crippen molar-refractivity contribution in [2.75, 3.05) is 11.9 Å². The number of nitrogens with one attached hydrogen (secondary N) is 1. The molecule has 3 aromatic heterocycles. The highest BCUT2D eigenvalue weighted by molar-refractivity contribution is 5.85. The number of nitrogens with zero attached hydrogens (tertiary/aromatic N) is 4. The van der Waals surface area contributed by atoms with Crippen LogP contribution in [0, 0.1) is 25.5 Å². The summed E-state index contributed by atoms with van der Waals surface area (Å²) >= 11 is 0. The molecule has 0 aliphatic heterocycles. The van der Waals surface area contributed by atoms with Crippen LogP contribution in [0.5, 0.6) is 0 Å². The minimum atomic E-state index is -0.831. The number of hydrogen-bond donors (Lipinski definition) is 1. The van der Waals surface area contributed by atoms with Crippen LogP contribution in [0.15, 0.2) is 65.6 Å². The Bertz CT molecular complexity index is 1430. The molecule has 2 aromatic carbocycles. The van der Waals surface area contributed by atoms with Crippen molar-refractivity contribution in [3.63, 3.8) is 0 Å². The van der Waals surface area contributed by atoms with Gasteiger partial charge in [0.15, 0.2) is 17.4 Å². The van der Waals surface area contributed by atoms with Crippen molar-refractivity contribution in [2.45, 2.75) is 20.4 Å². The fraction of sp³-hybridized carbons (Fsp3) is 0.160. The van der Waals surface area contributed by atoms with Gasteiger partial charge in [-0.25, -0.2) is 18.7 Å². The molecule has 166 valence electrons. The zero-order chi connectivity index (χ0) is 22.9. The lowest BCUT2D eigenvalue weighted by atomic mass is 10.1. The van der Waals surface area contributed by atoms with Gasteiger partial charge in [0.25, 0.3) is 0 Å². The number of anilines is 1. The average molecular weight is 445 g/mol. The molecule has 0 radical (unpaired) electrons. The Hall–Kier alpha value is -4.07. The molecule has 0 unspecified atom stereocenters. The van der Waals surface area contributed by atoms with Crippen LogP contribution in [0.2, 0.25) is 0 Å². The molecular weight excluding hydrogens is 424 g/mol. The number of hydrogen-bond acceptors (Lipinski definition) is 5. The Balaban J connectivity index is 1.32. The predicted octanol–water partition coefficient (Wildman–Crippen LogP) is 5.76. The SMILES string of the molecule is Cc1cc(F)c(F)c2c1cc(C)n2CCNc1cc(-c2ccc(-c3ccno3)cc2)ncn1. The lowest BCUT2D eigenvalue weighted by Gasteiger charge is -2.12. The molecule has 5 aromatic rings. The summed E-state index contributed by atoms with van der Waals surface area (Å²) in [4.78, 5) is 8.65. The molecule has 0 bridgehead atoms. The molecule has 6 nitrogen and oxygen atoms in total. The van der Waals surface area contributed by atoms with E-state index in [0.717, 1.165) is 27.9 Å². The standard InChI is InChI=1S/C25H21F2N5O/c1-15-11-20(26)24(27)25-19(15)12-16(2)32(25)10-9-28-23-13-21(29-14-30-23)17-3-5-18(6-4-17)22-7-8-31-33-22/h3-8,11-14H,9-10H2,1-2H3,(H,28,29,30). The summed E-state index contributed by atoms with van der Waals surface area (Å²) in [7, 11) is 0. The van der Waals surface area contributed by atoms with E-state index in [4.69, 9.17) is 4.52 Å². The molecular formula is C25H21F2N5O. The lowest BCUT2D eigenvalue weighted by molar-refractivity contribution is 0.432. The summed E-state index contributed by atoms with van der Waals surface area (Å²) < 4.78 is 35.5. The van der Waals surface area contributed by atoms with E-state index < -0.39 is 11.6 Å². The van der Waals surface area contributed by atoms with E-state index in [9.17, 15) is 8.78 Å². The van der Waals surface area contributed by atoms with Gasteiger partial charge < -0.3 is 14.4 Å². The Morgan fingerprint density at radius 1 is 0.970 bits per heavy atom. The zero-order valence-electron chi connectivity index (χ0n) is 18.1. The fourth-order valence-electron chi connectivity index (χ4n) is 4.02. The van der Waals surface area contributed by atoms with E-state index in [1.807, 2.05) is 43.3 Å². The van der Waals surface area contributed by atoms with Gasteiger partial charge in [0.05, 0.1) is 17.4 Å². The van der Waals surface area contributed by atoms with Crippen molar-refractivity contribution in [3.8, 4) is 22.6 Å². The summed E-state index contributed by atoms with van der Waals surface area (Å²) in [6, 6.07) is 14.6. The largest absolute Gasteiger partial charge is 0.368 e. The third-order valence-electron chi connectivity index (χ3n) is 5.70. The predicted molar refractivity (Wildman–Crippen MR) is 123 cm³/mol. The van der Waals surface area contributed by atoms with Gasteiger partial charge in [-0.05, 0) is 31.5 Å². The first-order valence-electron chi connectivity index (χ1n) is 10.5. The first-order valence-corrected chi connectivity index (χ1v) is 10.5. The van der Waals surface area contributed by atoms with Gasteiger partial charge in [0.2, 0.25) is 0 Å². The van der Waals surface area contributed by atoms with Crippen LogP contribution >= 0.6 is 0 Å². The highest BCUT2D eigenvalue weighted by Gasteiger charge is 2.16. The third kappa shape index (κ3) is 3.95. The molecule has 0 spiro atoms. The maximum Gasteiger partial charge on any atom is 0.183 e. The van der Waals surface area contributed by atoms with Crippen molar-refractivity contribution in [3.05, 3.63) is 83.9 Å². The molecule has 0 aliphatic carbocycles. The maximum atomic E-state index is 14.5. The maximum absolute atomic E-state index is 14.5. The summed E-state index contributed by atoms with van der Waals surface area (Å²) in [5.74, 6) is -0.300. The van der Waals surface area contributed by atoms with E-state index >= 15 is 0 Å². The minimum Gasteiger partial charge on any atom is -0.368 e. The van der Waals surface area contributed by atoms with Crippen LogP contribution in [-0.2, 0) is 6.54 Å². The molecule has 3 heterocycles. The van der Waals surface area contributed by atoms with Crippen LogP contribution in [0.25, 0.3) is 33.5 Å². The normalized spacial score (nSPS) is 11.3. The fourth-order valence-corrected chi connectivity index (χ4v) is 4.02. The number of benzene rings is 2. The smallest absolute Gasteiger partial charge is 0.183 e. The first-order chi connectivity index (χ1) is 16.0. The van der Waals surface area contributed by atoms with Gasteiger partial charge in [-0.1, -0.05) is 29.4 Å². The number of rotatable bonds is 6. The second-order valence-corrected chi connectivity index (χ2v) is 7.86. The van der Waals surface area contributed by atoms with E-state index in [-0.39, 0.29) is 0 Å². The van der Waals surface area contributed by atoms with Crippen molar-refractivity contribution in [2.24, 2.45) is 0 Å². The van der Waals surface area contributed by atoms with E-state index in [0.29, 0.717) is 35.7 Å². The number of fused-ring (bicyclic) bond motifs is 1.